The molecule has 0 aliphatic heterocycles. The molecule has 0 aliphatic carbocycles. The van der Waals surface area contributed by atoms with Gasteiger partial charge in [0.1, 0.15) is 5.75 Å². The van der Waals surface area contributed by atoms with Gasteiger partial charge < -0.3 is 19.3 Å². The number of benzene rings is 1. The van der Waals surface area contributed by atoms with Gasteiger partial charge in [0.15, 0.2) is 13.6 Å². The first-order valence-corrected chi connectivity index (χ1v) is 5.79. The van der Waals surface area contributed by atoms with Crippen LogP contribution in [0, 0.1) is 6.92 Å². The van der Waals surface area contributed by atoms with Gasteiger partial charge in [-0.15, -0.1) is 0 Å². The fourth-order valence-corrected chi connectivity index (χ4v) is 1.21. The molecule has 4 heteroatoms. The van der Waals surface area contributed by atoms with Gasteiger partial charge in [-0.25, -0.2) is 0 Å². The molecule has 0 heterocycles. The highest BCUT2D eigenvalue weighted by Gasteiger charge is 1.93. The molecule has 0 saturated carbocycles. The molecule has 0 bridgehead atoms. The zero-order chi connectivity index (χ0) is 12.3. The minimum Gasteiger partial charge on any atom is -0.467 e. The van der Waals surface area contributed by atoms with E-state index in [0.29, 0.717) is 6.61 Å². The molecule has 4 nitrogen and oxygen atoms in total. The van der Waals surface area contributed by atoms with E-state index in [9.17, 15) is 0 Å². The van der Waals surface area contributed by atoms with Crippen LogP contribution in [0.1, 0.15) is 18.4 Å². The first-order valence-electron chi connectivity index (χ1n) is 5.79. The van der Waals surface area contributed by atoms with Crippen molar-refractivity contribution in [1.82, 2.24) is 0 Å². The summed E-state index contributed by atoms with van der Waals surface area (Å²) in [5.41, 5.74) is 1.20. The Labute approximate surface area is 102 Å². The Morgan fingerprint density at radius 3 is 2.47 bits per heavy atom. The number of aryl methyl sites for hydroxylation is 1. The van der Waals surface area contributed by atoms with E-state index in [1.54, 1.807) is 0 Å². The van der Waals surface area contributed by atoms with Gasteiger partial charge in [0, 0.05) is 13.2 Å². The number of hydrogen-bond donors (Lipinski definition) is 1. The fraction of sp³-hybridized carbons (Fsp3) is 0.538. The monoisotopic (exact) mass is 240 g/mol. The van der Waals surface area contributed by atoms with Crippen LogP contribution in [0.25, 0.3) is 0 Å². The first-order chi connectivity index (χ1) is 8.33. The number of ether oxygens (including phenoxy) is 3. The molecule has 1 rings (SSSR count). The van der Waals surface area contributed by atoms with Crippen LogP contribution in [0.3, 0.4) is 0 Å². The molecule has 0 spiro atoms. The van der Waals surface area contributed by atoms with Crippen molar-refractivity contribution in [1.29, 1.82) is 0 Å². The molecule has 0 fully saturated rings. The van der Waals surface area contributed by atoms with E-state index in [-0.39, 0.29) is 20.2 Å². The molecule has 0 aromatic heterocycles. The van der Waals surface area contributed by atoms with Gasteiger partial charge in [-0.3, -0.25) is 0 Å². The van der Waals surface area contributed by atoms with Crippen LogP contribution in [0.15, 0.2) is 24.3 Å². The first kappa shape index (κ1) is 14.0. The molecule has 1 N–H and O–H groups in total. The van der Waals surface area contributed by atoms with Crippen molar-refractivity contribution in [3.63, 3.8) is 0 Å². The lowest BCUT2D eigenvalue weighted by atomic mass is 10.2. The lowest BCUT2D eigenvalue weighted by molar-refractivity contribution is -0.0997. The van der Waals surface area contributed by atoms with Crippen molar-refractivity contribution in [3.05, 3.63) is 29.8 Å². The molecule has 0 atom stereocenters. The Kier molecular flexibility index (Phi) is 7.38. The summed E-state index contributed by atoms with van der Waals surface area (Å²) in [4.78, 5) is 0. The lowest BCUT2D eigenvalue weighted by Gasteiger charge is -2.07. The molecule has 0 aliphatic rings. The largest absolute Gasteiger partial charge is 0.467 e. The van der Waals surface area contributed by atoms with Crippen molar-refractivity contribution >= 4 is 0 Å². The quantitative estimate of drug-likeness (QED) is 0.530. The van der Waals surface area contributed by atoms with Gasteiger partial charge >= 0.3 is 0 Å². The van der Waals surface area contributed by atoms with E-state index < -0.39 is 0 Å². The lowest BCUT2D eigenvalue weighted by Crippen LogP contribution is -2.07. The van der Waals surface area contributed by atoms with Crippen LogP contribution in [0.2, 0.25) is 0 Å². The summed E-state index contributed by atoms with van der Waals surface area (Å²) in [7, 11) is 0. The topological polar surface area (TPSA) is 47.9 Å². The number of aliphatic hydroxyl groups excluding tert-OH is 1. The van der Waals surface area contributed by atoms with Gasteiger partial charge in [0.2, 0.25) is 0 Å². The third-order valence-corrected chi connectivity index (χ3v) is 2.19. The Morgan fingerprint density at radius 1 is 1.00 bits per heavy atom. The summed E-state index contributed by atoms with van der Waals surface area (Å²) in [6.07, 6.45) is 1.61. The minimum atomic E-state index is 0.184. The number of rotatable bonds is 9. The molecule has 0 unspecified atom stereocenters. The number of aliphatic hydroxyl groups is 1. The van der Waals surface area contributed by atoms with E-state index in [0.717, 1.165) is 18.6 Å². The summed E-state index contributed by atoms with van der Waals surface area (Å²) >= 11 is 0. The predicted octanol–water partition coefficient (Wildman–Crippen LogP) is 2.09. The minimum absolute atomic E-state index is 0.184. The van der Waals surface area contributed by atoms with Gasteiger partial charge in [-0.05, 0) is 31.9 Å². The molecule has 1 aromatic rings. The second-order valence-corrected chi connectivity index (χ2v) is 3.74. The van der Waals surface area contributed by atoms with Gasteiger partial charge in [-0.1, -0.05) is 17.7 Å². The van der Waals surface area contributed by atoms with Crippen molar-refractivity contribution in [2.75, 3.05) is 26.8 Å². The molecule has 96 valence electrons. The Bertz CT molecular complexity index is 284. The van der Waals surface area contributed by atoms with E-state index in [1.165, 1.54) is 5.56 Å². The smallest absolute Gasteiger partial charge is 0.191 e. The molecular formula is C13H20O4. The molecule has 0 amide bonds. The summed E-state index contributed by atoms with van der Waals surface area (Å²) < 4.78 is 15.7. The second kappa shape index (κ2) is 8.98. The zero-order valence-corrected chi connectivity index (χ0v) is 10.2. The van der Waals surface area contributed by atoms with Crippen LogP contribution in [-0.2, 0) is 9.47 Å². The van der Waals surface area contributed by atoms with Crippen LogP contribution in [0.5, 0.6) is 5.75 Å². The fourth-order valence-electron chi connectivity index (χ4n) is 1.21. The molecule has 17 heavy (non-hydrogen) atoms. The number of unbranched alkanes of at least 4 members (excludes halogenated alkanes) is 1. The summed E-state index contributed by atoms with van der Waals surface area (Å²) in [5, 5.41) is 8.55. The standard InChI is InChI=1S/C13H20O4/c1-12-4-6-13(7-5-12)17-11-16-10-15-9-3-2-8-14/h4-7,14H,2-3,8-11H2,1H3. The molecule has 0 radical (unpaired) electrons. The zero-order valence-electron chi connectivity index (χ0n) is 10.2. The van der Waals surface area contributed by atoms with Crippen molar-refractivity contribution in [2.45, 2.75) is 19.8 Å². The highest BCUT2D eigenvalue weighted by molar-refractivity contribution is 5.26. The van der Waals surface area contributed by atoms with Gasteiger partial charge in [0.25, 0.3) is 0 Å². The average Bonchev–Trinajstić information content (AvgIpc) is 2.35. The third kappa shape index (κ3) is 6.94. The maximum absolute atomic E-state index is 8.55. The normalized spacial score (nSPS) is 10.5. The second-order valence-electron chi connectivity index (χ2n) is 3.74. The van der Waals surface area contributed by atoms with E-state index in [1.807, 2.05) is 31.2 Å². The molecular weight excluding hydrogens is 220 g/mol. The highest BCUT2D eigenvalue weighted by Crippen LogP contribution is 2.10. The Balaban J connectivity index is 1.95. The van der Waals surface area contributed by atoms with Crippen LogP contribution in [-0.4, -0.2) is 31.9 Å². The summed E-state index contributed by atoms with van der Waals surface area (Å²) in [6, 6.07) is 7.78. The highest BCUT2D eigenvalue weighted by atomic mass is 16.7. The third-order valence-electron chi connectivity index (χ3n) is 2.19. The summed E-state index contributed by atoms with van der Waals surface area (Å²) in [6.45, 7) is 3.24. The van der Waals surface area contributed by atoms with E-state index in [4.69, 9.17) is 19.3 Å². The van der Waals surface area contributed by atoms with Crippen LogP contribution >= 0.6 is 0 Å². The van der Waals surface area contributed by atoms with Gasteiger partial charge in [0.05, 0.1) is 0 Å². The van der Waals surface area contributed by atoms with Crippen molar-refractivity contribution in [2.24, 2.45) is 0 Å². The maximum Gasteiger partial charge on any atom is 0.191 e. The van der Waals surface area contributed by atoms with Crippen LogP contribution < -0.4 is 4.74 Å². The molecule has 0 saturated heterocycles. The summed E-state index contributed by atoms with van der Waals surface area (Å²) in [5.74, 6) is 0.788. The van der Waals surface area contributed by atoms with E-state index in [2.05, 4.69) is 0 Å². The Morgan fingerprint density at radius 2 is 1.76 bits per heavy atom. The van der Waals surface area contributed by atoms with Crippen molar-refractivity contribution < 1.29 is 19.3 Å². The maximum atomic E-state index is 8.55. The Hall–Kier alpha value is -1.10. The average molecular weight is 240 g/mol. The molecule has 1 aromatic carbocycles. The van der Waals surface area contributed by atoms with Crippen LogP contribution in [0.4, 0.5) is 0 Å². The van der Waals surface area contributed by atoms with E-state index >= 15 is 0 Å². The van der Waals surface area contributed by atoms with Gasteiger partial charge in [-0.2, -0.15) is 0 Å². The predicted molar refractivity (Wildman–Crippen MR) is 64.9 cm³/mol. The van der Waals surface area contributed by atoms with Crippen molar-refractivity contribution in [3.8, 4) is 5.75 Å². The SMILES string of the molecule is Cc1ccc(OCOCOCCCCO)cc1. The number of hydrogen-bond acceptors (Lipinski definition) is 4.